The van der Waals surface area contributed by atoms with Gasteiger partial charge in [-0.1, -0.05) is 18.2 Å². The summed E-state index contributed by atoms with van der Waals surface area (Å²) in [5, 5.41) is 6.48. The van der Waals surface area contributed by atoms with Gasteiger partial charge in [0.1, 0.15) is 0 Å². The summed E-state index contributed by atoms with van der Waals surface area (Å²) in [4.78, 5) is 0. The van der Waals surface area contributed by atoms with E-state index in [1.165, 1.54) is 11.3 Å². The van der Waals surface area contributed by atoms with Gasteiger partial charge in [-0.25, -0.2) is 0 Å². The third-order valence-corrected chi connectivity index (χ3v) is 1.74. The van der Waals surface area contributed by atoms with Crippen LogP contribution in [0, 0.1) is 0 Å². The van der Waals surface area contributed by atoms with Crippen LogP contribution in [0.3, 0.4) is 0 Å². The van der Waals surface area contributed by atoms with Gasteiger partial charge in [-0.2, -0.15) is 0 Å². The van der Waals surface area contributed by atoms with E-state index in [0.717, 1.165) is 13.2 Å². The highest BCUT2D eigenvalue weighted by molar-refractivity contribution is 5.85. The fraction of sp³-hybridized carbons (Fsp3) is 0.250. The molecular formula is C8H12Cl2N2. The molecule has 0 atom stereocenters. The fourth-order valence-corrected chi connectivity index (χ4v) is 1.20. The van der Waals surface area contributed by atoms with Gasteiger partial charge < -0.3 is 5.32 Å². The Hall–Kier alpha value is -0.440. The molecule has 12 heavy (non-hydrogen) atoms. The number of hydrogen-bond donors (Lipinski definition) is 2. The lowest BCUT2D eigenvalue weighted by molar-refractivity contribution is 0.709. The van der Waals surface area contributed by atoms with Gasteiger partial charge in [0.15, 0.2) is 0 Å². The van der Waals surface area contributed by atoms with Crippen molar-refractivity contribution in [2.75, 3.05) is 12.0 Å². The topological polar surface area (TPSA) is 24.1 Å². The van der Waals surface area contributed by atoms with E-state index in [4.69, 9.17) is 0 Å². The molecule has 0 amide bonds. The van der Waals surface area contributed by atoms with Crippen LogP contribution in [0.25, 0.3) is 0 Å². The maximum Gasteiger partial charge on any atom is 0.0655 e. The van der Waals surface area contributed by atoms with Crippen LogP contribution in [-0.2, 0) is 6.54 Å². The Morgan fingerprint density at radius 3 is 2.58 bits per heavy atom. The summed E-state index contributed by atoms with van der Waals surface area (Å²) >= 11 is 0. The molecule has 0 aliphatic carbocycles. The largest absolute Gasteiger partial charge is 0.372 e. The number of nitrogens with one attached hydrogen (secondary N) is 2. The summed E-state index contributed by atoms with van der Waals surface area (Å²) in [6.07, 6.45) is 0. The van der Waals surface area contributed by atoms with Gasteiger partial charge in [-0.05, 0) is 11.6 Å². The first-order valence-corrected chi connectivity index (χ1v) is 3.49. The van der Waals surface area contributed by atoms with Gasteiger partial charge in [0.25, 0.3) is 0 Å². The van der Waals surface area contributed by atoms with Crippen LogP contribution >= 0.6 is 24.8 Å². The molecule has 0 aromatic heterocycles. The molecule has 0 radical (unpaired) electrons. The first kappa shape index (κ1) is 11.6. The summed E-state index contributed by atoms with van der Waals surface area (Å²) in [7, 11) is 0. The monoisotopic (exact) mass is 206 g/mol. The quantitative estimate of drug-likeness (QED) is 0.679. The fourth-order valence-electron chi connectivity index (χ4n) is 1.20. The molecule has 2 rings (SSSR count). The summed E-state index contributed by atoms with van der Waals surface area (Å²) in [5.41, 5.74) is 2.62. The molecule has 2 N–H and O–H groups in total. The summed E-state index contributed by atoms with van der Waals surface area (Å²) in [6, 6.07) is 8.36. The molecule has 1 aliphatic rings. The van der Waals surface area contributed by atoms with Crippen molar-refractivity contribution in [3.8, 4) is 0 Å². The molecule has 0 fully saturated rings. The van der Waals surface area contributed by atoms with Crippen molar-refractivity contribution in [3.05, 3.63) is 29.8 Å². The molecule has 2 nitrogen and oxygen atoms in total. The Balaban J connectivity index is 0.000000605. The van der Waals surface area contributed by atoms with E-state index in [1.807, 2.05) is 0 Å². The maximum absolute atomic E-state index is 3.25. The van der Waals surface area contributed by atoms with Crippen LogP contribution in [0.2, 0.25) is 0 Å². The second-order valence-corrected chi connectivity index (χ2v) is 2.44. The molecule has 0 spiro atoms. The molecular weight excluding hydrogens is 195 g/mol. The van der Waals surface area contributed by atoms with Gasteiger partial charge in [0.05, 0.1) is 6.67 Å². The van der Waals surface area contributed by atoms with E-state index in [1.54, 1.807) is 0 Å². The highest BCUT2D eigenvalue weighted by atomic mass is 35.5. The molecule has 1 heterocycles. The summed E-state index contributed by atoms with van der Waals surface area (Å²) in [5.74, 6) is 0. The smallest absolute Gasteiger partial charge is 0.0655 e. The van der Waals surface area contributed by atoms with E-state index in [2.05, 4.69) is 34.9 Å². The molecule has 1 aromatic carbocycles. The Morgan fingerprint density at radius 1 is 1.08 bits per heavy atom. The molecule has 4 heteroatoms. The second kappa shape index (κ2) is 5.25. The average molecular weight is 207 g/mol. The lowest BCUT2D eigenvalue weighted by Gasteiger charge is -2.18. The van der Waals surface area contributed by atoms with Crippen molar-refractivity contribution in [2.24, 2.45) is 0 Å². The zero-order valence-electron chi connectivity index (χ0n) is 6.54. The molecule has 0 bridgehead atoms. The number of rotatable bonds is 0. The van der Waals surface area contributed by atoms with E-state index in [0.29, 0.717) is 0 Å². The van der Waals surface area contributed by atoms with E-state index in [9.17, 15) is 0 Å². The van der Waals surface area contributed by atoms with Crippen molar-refractivity contribution in [2.45, 2.75) is 6.54 Å². The number of hydrogen-bond acceptors (Lipinski definition) is 2. The Kier molecular flexibility index (Phi) is 5.06. The highest BCUT2D eigenvalue weighted by Gasteiger charge is 2.03. The van der Waals surface area contributed by atoms with Crippen LogP contribution < -0.4 is 10.6 Å². The van der Waals surface area contributed by atoms with Crippen molar-refractivity contribution >= 4 is 30.5 Å². The lowest BCUT2D eigenvalue weighted by Crippen LogP contribution is -2.27. The summed E-state index contributed by atoms with van der Waals surface area (Å²) < 4.78 is 0. The predicted molar refractivity (Wildman–Crippen MR) is 56.3 cm³/mol. The van der Waals surface area contributed by atoms with Crippen LogP contribution in [0.1, 0.15) is 5.56 Å². The second-order valence-electron chi connectivity index (χ2n) is 2.44. The number of para-hydroxylation sites is 1. The molecule has 0 saturated heterocycles. The predicted octanol–water partition coefficient (Wildman–Crippen LogP) is 2.00. The number of halogens is 2. The summed E-state index contributed by atoms with van der Waals surface area (Å²) in [6.45, 7) is 1.88. The minimum atomic E-state index is 0. The SMILES string of the molecule is Cl.Cl.c1ccc2c(c1)CNCN2. The van der Waals surface area contributed by atoms with Crippen LogP contribution in [0.4, 0.5) is 5.69 Å². The molecule has 1 aromatic rings. The lowest BCUT2D eigenvalue weighted by atomic mass is 10.1. The van der Waals surface area contributed by atoms with E-state index >= 15 is 0 Å². The molecule has 0 unspecified atom stereocenters. The first-order valence-electron chi connectivity index (χ1n) is 3.49. The van der Waals surface area contributed by atoms with Gasteiger partial charge in [0.2, 0.25) is 0 Å². The minimum absolute atomic E-state index is 0. The standard InChI is InChI=1S/C8H10N2.2ClH/c1-2-4-8-7(3-1)5-9-6-10-8;;/h1-4,9-10H,5-6H2;2*1H. The van der Waals surface area contributed by atoms with Crippen LogP contribution in [0.15, 0.2) is 24.3 Å². The van der Waals surface area contributed by atoms with Crippen LogP contribution in [0.5, 0.6) is 0 Å². The van der Waals surface area contributed by atoms with Gasteiger partial charge in [-0.3, -0.25) is 5.32 Å². The normalized spacial score (nSPS) is 13.0. The Bertz CT molecular complexity index is 215. The third kappa shape index (κ3) is 2.27. The van der Waals surface area contributed by atoms with E-state index < -0.39 is 0 Å². The number of benzene rings is 1. The number of fused-ring (bicyclic) bond motifs is 1. The zero-order chi connectivity index (χ0) is 6.81. The zero-order valence-corrected chi connectivity index (χ0v) is 8.17. The molecule has 1 aliphatic heterocycles. The van der Waals surface area contributed by atoms with E-state index in [-0.39, 0.29) is 24.8 Å². The Morgan fingerprint density at radius 2 is 1.83 bits per heavy atom. The van der Waals surface area contributed by atoms with Gasteiger partial charge >= 0.3 is 0 Å². The van der Waals surface area contributed by atoms with Crippen molar-refractivity contribution in [3.63, 3.8) is 0 Å². The van der Waals surface area contributed by atoms with Gasteiger partial charge in [-0.15, -0.1) is 24.8 Å². The van der Waals surface area contributed by atoms with Crippen molar-refractivity contribution in [1.29, 1.82) is 0 Å². The van der Waals surface area contributed by atoms with Crippen molar-refractivity contribution < 1.29 is 0 Å². The first-order chi connectivity index (χ1) is 4.97. The van der Waals surface area contributed by atoms with Gasteiger partial charge in [0, 0.05) is 12.2 Å². The molecule has 0 saturated carbocycles. The third-order valence-electron chi connectivity index (χ3n) is 1.74. The highest BCUT2D eigenvalue weighted by Crippen LogP contribution is 2.16. The Labute approximate surface area is 84.6 Å². The average Bonchev–Trinajstić information content (AvgIpc) is 2.05. The van der Waals surface area contributed by atoms with Crippen LogP contribution in [-0.4, -0.2) is 6.67 Å². The number of anilines is 1. The maximum atomic E-state index is 3.25. The molecule has 68 valence electrons. The van der Waals surface area contributed by atoms with Crippen molar-refractivity contribution in [1.82, 2.24) is 5.32 Å². The minimum Gasteiger partial charge on any atom is -0.372 e.